The fraction of sp³-hybridized carbons (Fsp3) is 0.400. The number of rotatable bonds is 4. The second kappa shape index (κ2) is 5.62. The van der Waals surface area contributed by atoms with Gasteiger partial charge in [0, 0.05) is 18.3 Å². The number of aromatic nitrogens is 1. The van der Waals surface area contributed by atoms with Crippen LogP contribution in [0.2, 0.25) is 0 Å². The van der Waals surface area contributed by atoms with Gasteiger partial charge in [0.15, 0.2) is 5.82 Å². The summed E-state index contributed by atoms with van der Waals surface area (Å²) in [7, 11) is 1.12. The fourth-order valence-electron chi connectivity index (χ4n) is 1.31. The minimum absolute atomic E-state index is 0.0975. The van der Waals surface area contributed by atoms with E-state index in [2.05, 4.69) is 9.72 Å². The summed E-state index contributed by atoms with van der Waals surface area (Å²) in [5.74, 6) is -1.93. The number of methoxy groups -OCH3 is 1. The van der Waals surface area contributed by atoms with Gasteiger partial charge in [-0.2, -0.15) is 0 Å². The van der Waals surface area contributed by atoms with Crippen LogP contribution in [0.1, 0.15) is 23.2 Å². The second-order valence-corrected chi connectivity index (χ2v) is 3.22. The third kappa shape index (κ3) is 2.94. The number of hydrogen-bond donors (Lipinski definition) is 1. The summed E-state index contributed by atoms with van der Waals surface area (Å²) in [6.45, 7) is -0.0975. The van der Waals surface area contributed by atoms with Gasteiger partial charge in [-0.05, 0) is 5.56 Å². The number of pyridine rings is 1. The molecule has 0 bridgehead atoms. The standard InChI is InChI=1S/C10H11F3N2O2/c1-17-7(16)2-6-5(3-14)4-15-9(8(6)11)10(12)13/h4,10H,2-3,14H2,1H3. The molecule has 0 aromatic carbocycles. The van der Waals surface area contributed by atoms with Gasteiger partial charge in [-0.3, -0.25) is 9.78 Å². The van der Waals surface area contributed by atoms with E-state index >= 15 is 0 Å². The molecular formula is C10H11F3N2O2. The Kier molecular flexibility index (Phi) is 4.45. The Morgan fingerprint density at radius 2 is 2.24 bits per heavy atom. The van der Waals surface area contributed by atoms with E-state index in [0.29, 0.717) is 0 Å². The van der Waals surface area contributed by atoms with Gasteiger partial charge >= 0.3 is 5.97 Å². The van der Waals surface area contributed by atoms with Crippen LogP contribution < -0.4 is 5.73 Å². The van der Waals surface area contributed by atoms with Crippen molar-refractivity contribution in [2.75, 3.05) is 7.11 Å². The third-order valence-corrected chi connectivity index (χ3v) is 2.21. The van der Waals surface area contributed by atoms with Crippen LogP contribution in [0.5, 0.6) is 0 Å². The predicted molar refractivity (Wildman–Crippen MR) is 52.8 cm³/mol. The molecule has 0 saturated heterocycles. The van der Waals surface area contributed by atoms with E-state index in [-0.39, 0.29) is 17.7 Å². The van der Waals surface area contributed by atoms with E-state index in [1.807, 2.05) is 0 Å². The molecule has 0 fully saturated rings. The Bertz CT molecular complexity index is 424. The van der Waals surface area contributed by atoms with Crippen LogP contribution in [0.15, 0.2) is 6.20 Å². The van der Waals surface area contributed by atoms with E-state index in [1.165, 1.54) is 0 Å². The SMILES string of the molecule is COC(=O)Cc1c(CN)cnc(C(F)F)c1F. The van der Waals surface area contributed by atoms with Crippen LogP contribution in [-0.2, 0) is 22.5 Å². The molecule has 0 aliphatic rings. The average Bonchev–Trinajstić information content (AvgIpc) is 2.30. The maximum Gasteiger partial charge on any atom is 0.310 e. The van der Waals surface area contributed by atoms with Gasteiger partial charge in [-0.15, -0.1) is 0 Å². The molecule has 2 N–H and O–H groups in total. The molecule has 0 unspecified atom stereocenters. The van der Waals surface area contributed by atoms with E-state index in [1.54, 1.807) is 0 Å². The van der Waals surface area contributed by atoms with Crippen molar-refractivity contribution in [2.45, 2.75) is 19.4 Å². The molecule has 0 aliphatic heterocycles. The summed E-state index contributed by atoms with van der Waals surface area (Å²) in [4.78, 5) is 14.3. The van der Waals surface area contributed by atoms with Crippen molar-refractivity contribution in [3.63, 3.8) is 0 Å². The predicted octanol–water partition coefficient (Wildman–Crippen LogP) is 1.33. The zero-order chi connectivity index (χ0) is 13.0. The topological polar surface area (TPSA) is 65.2 Å². The highest BCUT2D eigenvalue weighted by Gasteiger charge is 2.22. The first-order valence-corrected chi connectivity index (χ1v) is 4.72. The number of hydrogen-bond acceptors (Lipinski definition) is 4. The van der Waals surface area contributed by atoms with Gasteiger partial charge in [-0.1, -0.05) is 0 Å². The second-order valence-electron chi connectivity index (χ2n) is 3.22. The van der Waals surface area contributed by atoms with Crippen LogP contribution in [0.4, 0.5) is 13.2 Å². The summed E-state index contributed by atoms with van der Waals surface area (Å²) in [6, 6.07) is 0. The minimum Gasteiger partial charge on any atom is -0.469 e. The average molecular weight is 248 g/mol. The summed E-state index contributed by atoms with van der Waals surface area (Å²) in [5, 5.41) is 0. The van der Waals surface area contributed by atoms with Crippen LogP contribution in [-0.4, -0.2) is 18.1 Å². The van der Waals surface area contributed by atoms with E-state index < -0.39 is 30.3 Å². The zero-order valence-electron chi connectivity index (χ0n) is 9.04. The fourth-order valence-corrected chi connectivity index (χ4v) is 1.31. The Morgan fingerprint density at radius 1 is 1.59 bits per heavy atom. The molecule has 1 aromatic heterocycles. The van der Waals surface area contributed by atoms with E-state index in [4.69, 9.17) is 5.73 Å². The highest BCUT2D eigenvalue weighted by atomic mass is 19.3. The smallest absolute Gasteiger partial charge is 0.310 e. The van der Waals surface area contributed by atoms with Crippen molar-refractivity contribution in [3.8, 4) is 0 Å². The third-order valence-electron chi connectivity index (χ3n) is 2.21. The lowest BCUT2D eigenvalue weighted by Gasteiger charge is -2.10. The van der Waals surface area contributed by atoms with Gasteiger partial charge in [0.2, 0.25) is 0 Å². The number of nitrogens with two attached hydrogens (primary N) is 1. The van der Waals surface area contributed by atoms with Crippen LogP contribution in [0.3, 0.4) is 0 Å². The summed E-state index contributed by atoms with van der Waals surface area (Å²) < 4.78 is 42.8. The quantitative estimate of drug-likeness (QED) is 0.816. The molecule has 1 rings (SSSR count). The Labute approximate surface area is 95.6 Å². The summed E-state index contributed by atoms with van der Waals surface area (Å²) >= 11 is 0. The zero-order valence-corrected chi connectivity index (χ0v) is 9.04. The monoisotopic (exact) mass is 248 g/mol. The highest BCUT2D eigenvalue weighted by molar-refractivity contribution is 5.73. The first kappa shape index (κ1) is 13.4. The number of alkyl halides is 2. The van der Waals surface area contributed by atoms with Crippen molar-refractivity contribution in [2.24, 2.45) is 5.73 Å². The molecule has 7 heteroatoms. The van der Waals surface area contributed by atoms with Gasteiger partial charge in [0.05, 0.1) is 13.5 Å². The van der Waals surface area contributed by atoms with Crippen LogP contribution in [0, 0.1) is 5.82 Å². The van der Waals surface area contributed by atoms with Crippen molar-refractivity contribution in [1.29, 1.82) is 0 Å². The normalized spacial score (nSPS) is 10.7. The van der Waals surface area contributed by atoms with Gasteiger partial charge in [0.1, 0.15) is 5.69 Å². The van der Waals surface area contributed by atoms with Crippen molar-refractivity contribution in [3.05, 3.63) is 28.8 Å². The van der Waals surface area contributed by atoms with Crippen molar-refractivity contribution < 1.29 is 22.7 Å². The Morgan fingerprint density at radius 3 is 2.71 bits per heavy atom. The molecule has 0 aliphatic carbocycles. The number of ether oxygens (including phenoxy) is 1. The molecule has 17 heavy (non-hydrogen) atoms. The lowest BCUT2D eigenvalue weighted by atomic mass is 10.0. The lowest BCUT2D eigenvalue weighted by molar-refractivity contribution is -0.139. The summed E-state index contributed by atoms with van der Waals surface area (Å²) in [5.41, 5.74) is 4.35. The Balaban J connectivity index is 3.22. The first-order chi connectivity index (χ1) is 8.01. The van der Waals surface area contributed by atoms with Crippen LogP contribution >= 0.6 is 0 Å². The van der Waals surface area contributed by atoms with Crippen molar-refractivity contribution >= 4 is 5.97 Å². The molecule has 0 radical (unpaired) electrons. The Hall–Kier alpha value is -1.63. The minimum atomic E-state index is -3.04. The molecule has 0 spiro atoms. The van der Waals surface area contributed by atoms with Gasteiger partial charge in [-0.25, -0.2) is 13.2 Å². The molecule has 0 saturated carbocycles. The molecular weight excluding hydrogens is 237 g/mol. The largest absolute Gasteiger partial charge is 0.469 e. The van der Waals surface area contributed by atoms with E-state index in [9.17, 15) is 18.0 Å². The molecule has 0 atom stereocenters. The van der Waals surface area contributed by atoms with E-state index in [0.717, 1.165) is 13.3 Å². The first-order valence-electron chi connectivity index (χ1n) is 4.72. The van der Waals surface area contributed by atoms with Crippen LogP contribution in [0.25, 0.3) is 0 Å². The molecule has 94 valence electrons. The summed E-state index contributed by atoms with van der Waals surface area (Å²) in [6.07, 6.45) is -2.45. The number of carbonyl (C=O) groups excluding carboxylic acids is 1. The number of carbonyl (C=O) groups is 1. The lowest BCUT2D eigenvalue weighted by Crippen LogP contribution is -2.14. The number of nitrogens with zero attached hydrogens (tertiary/aromatic N) is 1. The number of esters is 1. The molecule has 0 amide bonds. The molecule has 1 heterocycles. The molecule has 4 nitrogen and oxygen atoms in total. The van der Waals surface area contributed by atoms with Gasteiger partial charge < -0.3 is 10.5 Å². The van der Waals surface area contributed by atoms with Crippen molar-refractivity contribution in [1.82, 2.24) is 4.98 Å². The maximum atomic E-state index is 13.7. The van der Waals surface area contributed by atoms with Gasteiger partial charge in [0.25, 0.3) is 6.43 Å². The maximum absolute atomic E-state index is 13.7. The number of halogens is 3. The molecule has 1 aromatic rings. The highest BCUT2D eigenvalue weighted by Crippen LogP contribution is 2.24.